The van der Waals surface area contributed by atoms with Crippen LogP contribution in [0.2, 0.25) is 0 Å². The summed E-state index contributed by atoms with van der Waals surface area (Å²) in [6.45, 7) is 0.426. The molecule has 1 atom stereocenters. The van der Waals surface area contributed by atoms with Gasteiger partial charge in [0, 0.05) is 18.7 Å². The van der Waals surface area contributed by atoms with Crippen LogP contribution in [0, 0.1) is 0 Å². The molecule has 1 unspecified atom stereocenters. The van der Waals surface area contributed by atoms with E-state index in [0.717, 1.165) is 5.56 Å². The van der Waals surface area contributed by atoms with Gasteiger partial charge in [-0.3, -0.25) is 5.32 Å². The molecule has 0 saturated carbocycles. The van der Waals surface area contributed by atoms with Crippen molar-refractivity contribution < 1.29 is 10.2 Å². The zero-order valence-electron chi connectivity index (χ0n) is 7.98. The van der Waals surface area contributed by atoms with Crippen molar-refractivity contribution in [2.45, 2.75) is 12.6 Å². The molecule has 1 rings (SSSR count). The van der Waals surface area contributed by atoms with Gasteiger partial charge in [-0.25, -0.2) is 0 Å². The van der Waals surface area contributed by atoms with E-state index in [-0.39, 0.29) is 6.61 Å². The smallest absolute Gasteiger partial charge is 0.109 e. The standard InChI is InChI=1S/C10H16N2O2/c11-9-3-1-8(2-4-9)7-10(14)12-5-6-13/h1-4,10,12-14H,5-7,11H2. The zero-order chi connectivity index (χ0) is 10.4. The molecule has 0 aliphatic heterocycles. The number of aliphatic hydroxyl groups is 2. The lowest BCUT2D eigenvalue weighted by Gasteiger charge is -2.11. The van der Waals surface area contributed by atoms with Gasteiger partial charge in [-0.1, -0.05) is 12.1 Å². The molecule has 4 nitrogen and oxygen atoms in total. The molecule has 4 heteroatoms. The van der Waals surface area contributed by atoms with Gasteiger partial charge in [0.2, 0.25) is 0 Å². The van der Waals surface area contributed by atoms with Crippen molar-refractivity contribution in [1.82, 2.24) is 5.32 Å². The Morgan fingerprint density at radius 2 is 1.93 bits per heavy atom. The Balaban J connectivity index is 2.39. The predicted octanol–water partition coefficient (Wildman–Crippen LogP) is -0.288. The number of nitrogens with two attached hydrogens (primary N) is 1. The van der Waals surface area contributed by atoms with Gasteiger partial charge in [-0.15, -0.1) is 0 Å². The molecule has 0 saturated heterocycles. The Hall–Kier alpha value is -1.10. The van der Waals surface area contributed by atoms with Crippen LogP contribution < -0.4 is 11.1 Å². The fourth-order valence-electron chi connectivity index (χ4n) is 1.18. The fourth-order valence-corrected chi connectivity index (χ4v) is 1.18. The zero-order valence-corrected chi connectivity index (χ0v) is 7.98. The lowest BCUT2D eigenvalue weighted by atomic mass is 10.1. The van der Waals surface area contributed by atoms with Crippen molar-refractivity contribution in [3.8, 4) is 0 Å². The highest BCUT2D eigenvalue weighted by Crippen LogP contribution is 2.06. The van der Waals surface area contributed by atoms with Crippen molar-refractivity contribution in [1.29, 1.82) is 0 Å². The summed E-state index contributed by atoms with van der Waals surface area (Å²) in [6.07, 6.45) is -0.105. The summed E-state index contributed by atoms with van der Waals surface area (Å²) < 4.78 is 0. The summed E-state index contributed by atoms with van der Waals surface area (Å²) >= 11 is 0. The summed E-state index contributed by atoms with van der Waals surface area (Å²) in [5.41, 5.74) is 7.25. The SMILES string of the molecule is Nc1ccc(CC(O)NCCO)cc1. The number of nitrogens with one attached hydrogen (secondary N) is 1. The fraction of sp³-hybridized carbons (Fsp3) is 0.400. The number of hydrogen-bond acceptors (Lipinski definition) is 4. The van der Waals surface area contributed by atoms with Gasteiger partial charge in [-0.2, -0.15) is 0 Å². The van der Waals surface area contributed by atoms with Gasteiger partial charge in [0.25, 0.3) is 0 Å². The maximum atomic E-state index is 9.45. The Labute approximate surface area is 83.4 Å². The summed E-state index contributed by atoms with van der Waals surface area (Å²) in [4.78, 5) is 0. The van der Waals surface area contributed by atoms with Crippen molar-refractivity contribution in [3.63, 3.8) is 0 Å². The molecule has 5 N–H and O–H groups in total. The number of aliphatic hydroxyl groups excluding tert-OH is 2. The molecule has 0 radical (unpaired) electrons. The van der Waals surface area contributed by atoms with Crippen LogP contribution in [0.15, 0.2) is 24.3 Å². The van der Waals surface area contributed by atoms with Crippen LogP contribution in [0.5, 0.6) is 0 Å². The molecule has 0 aliphatic carbocycles. The molecule has 0 heterocycles. The van der Waals surface area contributed by atoms with Crippen molar-refractivity contribution in [2.75, 3.05) is 18.9 Å². The highest BCUT2D eigenvalue weighted by molar-refractivity contribution is 5.39. The molecule has 78 valence electrons. The number of hydrogen-bond donors (Lipinski definition) is 4. The predicted molar refractivity (Wildman–Crippen MR) is 55.7 cm³/mol. The third-order valence-corrected chi connectivity index (χ3v) is 1.90. The van der Waals surface area contributed by atoms with Crippen molar-refractivity contribution in [2.24, 2.45) is 0 Å². The van der Waals surface area contributed by atoms with Crippen LogP contribution in [0.25, 0.3) is 0 Å². The van der Waals surface area contributed by atoms with Crippen LogP contribution in [0.3, 0.4) is 0 Å². The number of nitrogen functional groups attached to an aromatic ring is 1. The topological polar surface area (TPSA) is 78.5 Å². The Morgan fingerprint density at radius 3 is 2.50 bits per heavy atom. The number of anilines is 1. The lowest BCUT2D eigenvalue weighted by molar-refractivity contribution is 0.128. The van der Waals surface area contributed by atoms with E-state index in [1.807, 2.05) is 12.1 Å². The quantitative estimate of drug-likeness (QED) is 0.385. The molecule has 1 aromatic carbocycles. The first-order valence-electron chi connectivity index (χ1n) is 4.59. The molecule has 1 aromatic rings. The lowest BCUT2D eigenvalue weighted by Crippen LogP contribution is -2.32. The molecule has 0 aromatic heterocycles. The Bertz CT molecular complexity index is 261. The second-order valence-corrected chi connectivity index (χ2v) is 3.14. The van der Waals surface area contributed by atoms with E-state index in [1.165, 1.54) is 0 Å². The van der Waals surface area contributed by atoms with Gasteiger partial charge in [-0.05, 0) is 17.7 Å². The number of rotatable bonds is 5. The molecule has 0 amide bonds. The monoisotopic (exact) mass is 196 g/mol. The normalized spacial score (nSPS) is 12.7. The first-order chi connectivity index (χ1) is 6.72. The largest absolute Gasteiger partial charge is 0.399 e. The van der Waals surface area contributed by atoms with Gasteiger partial charge in [0.1, 0.15) is 6.23 Å². The highest BCUT2D eigenvalue weighted by atomic mass is 16.3. The molecule has 14 heavy (non-hydrogen) atoms. The maximum absolute atomic E-state index is 9.45. The summed E-state index contributed by atoms with van der Waals surface area (Å²) in [5, 5.41) is 20.7. The van der Waals surface area contributed by atoms with Crippen LogP contribution in [-0.2, 0) is 6.42 Å². The third kappa shape index (κ3) is 3.74. The van der Waals surface area contributed by atoms with E-state index in [4.69, 9.17) is 10.8 Å². The van der Waals surface area contributed by atoms with E-state index in [9.17, 15) is 5.11 Å². The molecule has 0 fully saturated rings. The first kappa shape index (κ1) is 11.0. The molecular weight excluding hydrogens is 180 g/mol. The van der Waals surface area contributed by atoms with E-state index >= 15 is 0 Å². The number of benzene rings is 1. The summed E-state index contributed by atoms with van der Waals surface area (Å²) in [6, 6.07) is 7.35. The van der Waals surface area contributed by atoms with E-state index < -0.39 is 6.23 Å². The highest BCUT2D eigenvalue weighted by Gasteiger charge is 2.03. The van der Waals surface area contributed by atoms with Crippen LogP contribution in [0.4, 0.5) is 5.69 Å². The third-order valence-electron chi connectivity index (χ3n) is 1.90. The molecule has 0 bridgehead atoms. The maximum Gasteiger partial charge on any atom is 0.109 e. The Kier molecular flexibility index (Phi) is 4.39. The van der Waals surface area contributed by atoms with Gasteiger partial charge < -0.3 is 15.9 Å². The van der Waals surface area contributed by atoms with Crippen molar-refractivity contribution in [3.05, 3.63) is 29.8 Å². The minimum atomic E-state index is -0.620. The molecular formula is C10H16N2O2. The Morgan fingerprint density at radius 1 is 1.29 bits per heavy atom. The minimum absolute atomic E-state index is 0.0266. The summed E-state index contributed by atoms with van der Waals surface area (Å²) in [7, 11) is 0. The van der Waals surface area contributed by atoms with E-state index in [2.05, 4.69) is 5.32 Å². The van der Waals surface area contributed by atoms with E-state index in [0.29, 0.717) is 18.7 Å². The van der Waals surface area contributed by atoms with Crippen LogP contribution >= 0.6 is 0 Å². The van der Waals surface area contributed by atoms with Gasteiger partial charge >= 0.3 is 0 Å². The molecule has 0 aliphatic rings. The van der Waals surface area contributed by atoms with Crippen LogP contribution in [-0.4, -0.2) is 29.6 Å². The average molecular weight is 196 g/mol. The second kappa shape index (κ2) is 5.59. The minimum Gasteiger partial charge on any atom is -0.399 e. The van der Waals surface area contributed by atoms with Crippen molar-refractivity contribution >= 4 is 5.69 Å². The van der Waals surface area contributed by atoms with Crippen LogP contribution in [0.1, 0.15) is 5.56 Å². The van der Waals surface area contributed by atoms with Gasteiger partial charge in [0.15, 0.2) is 0 Å². The van der Waals surface area contributed by atoms with E-state index in [1.54, 1.807) is 12.1 Å². The first-order valence-corrected chi connectivity index (χ1v) is 4.59. The van der Waals surface area contributed by atoms with Gasteiger partial charge in [0.05, 0.1) is 6.61 Å². The average Bonchev–Trinajstić information content (AvgIpc) is 2.18. The molecule has 0 spiro atoms. The second-order valence-electron chi connectivity index (χ2n) is 3.14. The summed E-state index contributed by atoms with van der Waals surface area (Å²) in [5.74, 6) is 0.